The van der Waals surface area contributed by atoms with Crippen molar-refractivity contribution in [1.82, 2.24) is 15.1 Å². The van der Waals surface area contributed by atoms with Gasteiger partial charge in [0.1, 0.15) is 5.60 Å². The first kappa shape index (κ1) is 16.6. The van der Waals surface area contributed by atoms with E-state index in [0.29, 0.717) is 32.1 Å². The van der Waals surface area contributed by atoms with E-state index in [1.54, 1.807) is 4.90 Å². The standard InChI is InChI=1S/C18H25N3O4/c1-11(2)4-7-21-10-18-5-3-12(25-18)14(15(18)17(21)24)16(23)20-8-6-19-13(22)9-20/h3,5,11-12,14-15H,4,6-10H2,1-2H3,(H,19,22)/t12-,14+,15-,18-/m0/s1. The molecule has 136 valence electrons. The minimum absolute atomic E-state index is 0.0207. The van der Waals surface area contributed by atoms with E-state index in [-0.39, 0.29) is 30.4 Å². The Morgan fingerprint density at radius 1 is 1.44 bits per heavy atom. The average molecular weight is 347 g/mol. The molecule has 1 spiro atoms. The maximum absolute atomic E-state index is 13.1. The van der Waals surface area contributed by atoms with Crippen LogP contribution in [0.5, 0.6) is 0 Å². The van der Waals surface area contributed by atoms with Gasteiger partial charge in [0.15, 0.2) is 0 Å². The number of nitrogens with one attached hydrogen (secondary N) is 1. The Hall–Kier alpha value is -1.89. The zero-order valence-electron chi connectivity index (χ0n) is 14.7. The van der Waals surface area contributed by atoms with Crippen molar-refractivity contribution in [2.75, 3.05) is 32.7 Å². The first-order valence-corrected chi connectivity index (χ1v) is 9.13. The number of piperazine rings is 1. The smallest absolute Gasteiger partial charge is 0.239 e. The Kier molecular flexibility index (Phi) is 3.86. The van der Waals surface area contributed by atoms with Gasteiger partial charge in [-0.15, -0.1) is 0 Å². The maximum atomic E-state index is 13.1. The SMILES string of the molecule is CC(C)CCN1C[C@]23C=C[C@H](O2)[C@@H](C(=O)N2CCNC(=O)C2)[C@H]3C1=O. The van der Waals surface area contributed by atoms with Crippen molar-refractivity contribution in [3.05, 3.63) is 12.2 Å². The summed E-state index contributed by atoms with van der Waals surface area (Å²) >= 11 is 0. The summed E-state index contributed by atoms with van der Waals surface area (Å²) in [5, 5.41) is 2.73. The van der Waals surface area contributed by atoms with Gasteiger partial charge < -0.3 is 19.9 Å². The van der Waals surface area contributed by atoms with E-state index in [4.69, 9.17) is 4.74 Å². The molecule has 0 aromatic rings. The number of carbonyl (C=O) groups excluding carboxylic acids is 3. The van der Waals surface area contributed by atoms with E-state index in [1.165, 1.54) is 0 Å². The number of fused-ring (bicyclic) bond motifs is 1. The summed E-state index contributed by atoms with van der Waals surface area (Å²) < 4.78 is 6.12. The molecule has 4 atom stereocenters. The number of nitrogens with zero attached hydrogens (tertiary/aromatic N) is 2. The molecule has 0 aromatic heterocycles. The predicted octanol–water partition coefficient (Wildman–Crippen LogP) is -0.227. The normalized spacial score (nSPS) is 36.4. The highest BCUT2D eigenvalue weighted by molar-refractivity contribution is 5.94. The number of hydrogen-bond donors (Lipinski definition) is 1. The van der Waals surface area contributed by atoms with Crippen molar-refractivity contribution in [2.24, 2.45) is 17.8 Å². The summed E-state index contributed by atoms with van der Waals surface area (Å²) in [5.41, 5.74) is -0.656. The predicted molar refractivity (Wildman–Crippen MR) is 89.3 cm³/mol. The number of amides is 3. The second kappa shape index (κ2) is 5.83. The minimum Gasteiger partial charge on any atom is -0.360 e. The van der Waals surface area contributed by atoms with Crippen LogP contribution < -0.4 is 5.32 Å². The Bertz CT molecular complexity index is 646. The fourth-order valence-electron chi connectivity index (χ4n) is 4.50. The molecule has 0 aliphatic carbocycles. The van der Waals surface area contributed by atoms with Crippen LogP contribution in [0.2, 0.25) is 0 Å². The molecule has 0 radical (unpaired) electrons. The Morgan fingerprint density at radius 3 is 2.96 bits per heavy atom. The lowest BCUT2D eigenvalue weighted by Gasteiger charge is -2.32. The van der Waals surface area contributed by atoms with Crippen molar-refractivity contribution in [3.63, 3.8) is 0 Å². The summed E-state index contributed by atoms with van der Waals surface area (Å²) in [7, 11) is 0. The number of ether oxygens (including phenoxy) is 1. The second-order valence-electron chi connectivity index (χ2n) is 7.95. The zero-order valence-corrected chi connectivity index (χ0v) is 14.7. The van der Waals surface area contributed by atoms with Crippen LogP contribution >= 0.6 is 0 Å². The topological polar surface area (TPSA) is 79.0 Å². The monoisotopic (exact) mass is 347 g/mol. The molecule has 3 saturated heterocycles. The van der Waals surface area contributed by atoms with Crippen LogP contribution in [0.25, 0.3) is 0 Å². The Labute approximate surface area is 147 Å². The van der Waals surface area contributed by atoms with Crippen LogP contribution in [-0.4, -0.2) is 72.0 Å². The third-order valence-electron chi connectivity index (χ3n) is 5.79. The van der Waals surface area contributed by atoms with Crippen LogP contribution in [0.3, 0.4) is 0 Å². The molecule has 7 heteroatoms. The molecule has 0 aromatic carbocycles. The molecule has 4 aliphatic heterocycles. The number of likely N-dealkylation sites (tertiary alicyclic amines) is 1. The first-order chi connectivity index (χ1) is 11.9. The van der Waals surface area contributed by atoms with Gasteiger partial charge in [0.05, 0.1) is 31.0 Å². The number of rotatable bonds is 4. The summed E-state index contributed by atoms with van der Waals surface area (Å²) in [4.78, 5) is 41.1. The van der Waals surface area contributed by atoms with Crippen LogP contribution in [0.1, 0.15) is 20.3 Å². The van der Waals surface area contributed by atoms with Gasteiger partial charge in [-0.25, -0.2) is 0 Å². The molecule has 7 nitrogen and oxygen atoms in total. The molecular formula is C18H25N3O4. The van der Waals surface area contributed by atoms with Crippen molar-refractivity contribution in [3.8, 4) is 0 Å². The lowest BCUT2D eigenvalue weighted by Crippen LogP contribution is -2.54. The van der Waals surface area contributed by atoms with Gasteiger partial charge >= 0.3 is 0 Å². The van der Waals surface area contributed by atoms with Crippen LogP contribution in [0.4, 0.5) is 0 Å². The third kappa shape index (κ3) is 2.56. The summed E-state index contributed by atoms with van der Waals surface area (Å²) in [6.07, 6.45) is 4.48. The van der Waals surface area contributed by atoms with E-state index in [9.17, 15) is 14.4 Å². The van der Waals surface area contributed by atoms with Crippen LogP contribution in [0, 0.1) is 17.8 Å². The highest BCUT2D eigenvalue weighted by Gasteiger charge is 2.67. The highest BCUT2D eigenvalue weighted by Crippen LogP contribution is 2.52. The zero-order chi connectivity index (χ0) is 17.8. The largest absolute Gasteiger partial charge is 0.360 e. The fraction of sp³-hybridized carbons (Fsp3) is 0.722. The molecule has 3 amide bonds. The van der Waals surface area contributed by atoms with Gasteiger partial charge in [-0.05, 0) is 12.3 Å². The number of carbonyl (C=O) groups is 3. The minimum atomic E-state index is -0.656. The van der Waals surface area contributed by atoms with Crippen molar-refractivity contribution in [1.29, 1.82) is 0 Å². The molecular weight excluding hydrogens is 322 g/mol. The lowest BCUT2D eigenvalue weighted by atomic mass is 9.76. The van der Waals surface area contributed by atoms with Crippen molar-refractivity contribution in [2.45, 2.75) is 32.0 Å². The van der Waals surface area contributed by atoms with Crippen molar-refractivity contribution < 1.29 is 19.1 Å². The summed E-state index contributed by atoms with van der Waals surface area (Å²) in [5.74, 6) is -0.699. The van der Waals surface area contributed by atoms with Gasteiger partial charge in [-0.3, -0.25) is 14.4 Å². The Balaban J connectivity index is 1.54. The van der Waals surface area contributed by atoms with Gasteiger partial charge in [-0.1, -0.05) is 26.0 Å². The molecule has 1 N–H and O–H groups in total. The van der Waals surface area contributed by atoms with Gasteiger partial charge in [0.25, 0.3) is 0 Å². The highest BCUT2D eigenvalue weighted by atomic mass is 16.5. The van der Waals surface area contributed by atoms with E-state index in [2.05, 4.69) is 19.2 Å². The van der Waals surface area contributed by atoms with Crippen molar-refractivity contribution >= 4 is 17.7 Å². The second-order valence-corrected chi connectivity index (χ2v) is 7.95. The quantitative estimate of drug-likeness (QED) is 0.713. The molecule has 4 aliphatic rings. The average Bonchev–Trinajstić information content (AvgIpc) is 3.20. The van der Waals surface area contributed by atoms with Crippen LogP contribution in [0.15, 0.2) is 12.2 Å². The summed E-state index contributed by atoms with van der Waals surface area (Å²) in [6, 6.07) is 0. The van der Waals surface area contributed by atoms with E-state index < -0.39 is 17.4 Å². The van der Waals surface area contributed by atoms with E-state index >= 15 is 0 Å². The molecule has 2 bridgehead atoms. The van der Waals surface area contributed by atoms with Crippen LogP contribution in [-0.2, 0) is 19.1 Å². The third-order valence-corrected chi connectivity index (χ3v) is 5.79. The van der Waals surface area contributed by atoms with Gasteiger partial charge in [-0.2, -0.15) is 0 Å². The summed E-state index contributed by atoms with van der Waals surface area (Å²) in [6.45, 7) is 6.51. The first-order valence-electron chi connectivity index (χ1n) is 9.13. The number of hydrogen-bond acceptors (Lipinski definition) is 4. The maximum Gasteiger partial charge on any atom is 0.239 e. The van der Waals surface area contributed by atoms with E-state index in [0.717, 1.165) is 6.42 Å². The Morgan fingerprint density at radius 2 is 2.24 bits per heavy atom. The lowest BCUT2D eigenvalue weighted by molar-refractivity contribution is -0.146. The molecule has 4 heterocycles. The fourth-order valence-corrected chi connectivity index (χ4v) is 4.50. The molecule has 4 rings (SSSR count). The van der Waals surface area contributed by atoms with E-state index in [1.807, 2.05) is 17.1 Å². The molecule has 3 fully saturated rings. The van der Waals surface area contributed by atoms with Gasteiger partial charge in [0, 0.05) is 19.6 Å². The van der Waals surface area contributed by atoms with Gasteiger partial charge in [0.2, 0.25) is 17.7 Å². The molecule has 0 unspecified atom stereocenters. The molecule has 0 saturated carbocycles. The molecule has 25 heavy (non-hydrogen) atoms.